The summed E-state index contributed by atoms with van der Waals surface area (Å²) in [5.74, 6) is 1.67. The Morgan fingerprint density at radius 3 is 2.61 bits per heavy atom. The van der Waals surface area contributed by atoms with Gasteiger partial charge < -0.3 is 16.0 Å². The van der Waals surface area contributed by atoms with Gasteiger partial charge in [0.05, 0.1) is 0 Å². The molecule has 0 saturated heterocycles. The molecule has 1 rings (SSSR count). The number of anilines is 2. The van der Waals surface area contributed by atoms with Gasteiger partial charge in [-0.2, -0.15) is 0 Å². The number of nitrogens with one attached hydrogen (secondary N) is 3. The van der Waals surface area contributed by atoms with E-state index in [9.17, 15) is 4.79 Å². The minimum Gasteiger partial charge on any atom is -0.373 e. The molecule has 1 aromatic heterocycles. The molecule has 0 aliphatic heterocycles. The van der Waals surface area contributed by atoms with Crippen molar-refractivity contribution in [1.29, 1.82) is 0 Å². The van der Waals surface area contributed by atoms with Crippen LogP contribution in [0.2, 0.25) is 0 Å². The van der Waals surface area contributed by atoms with E-state index in [2.05, 4.69) is 32.8 Å². The van der Waals surface area contributed by atoms with Gasteiger partial charge in [0.25, 0.3) is 0 Å². The van der Waals surface area contributed by atoms with Gasteiger partial charge in [-0.3, -0.25) is 4.79 Å². The highest BCUT2D eigenvalue weighted by atomic mass is 16.1. The molecular formula is C12H21N5O. The monoisotopic (exact) mass is 251 g/mol. The second-order valence-electron chi connectivity index (χ2n) is 3.96. The van der Waals surface area contributed by atoms with Crippen molar-refractivity contribution in [3.63, 3.8) is 0 Å². The van der Waals surface area contributed by atoms with Crippen LogP contribution in [0.4, 0.5) is 11.6 Å². The molecular weight excluding hydrogens is 230 g/mol. The predicted molar refractivity (Wildman–Crippen MR) is 72.7 cm³/mol. The summed E-state index contributed by atoms with van der Waals surface area (Å²) in [4.78, 5) is 19.2. The number of rotatable bonds is 7. The molecule has 6 nitrogen and oxygen atoms in total. The first-order chi connectivity index (χ1) is 8.69. The van der Waals surface area contributed by atoms with Gasteiger partial charge in [-0.1, -0.05) is 13.3 Å². The number of nitrogens with zero attached hydrogens (tertiary/aromatic N) is 2. The van der Waals surface area contributed by atoms with Crippen LogP contribution in [0.15, 0.2) is 6.33 Å². The van der Waals surface area contributed by atoms with Crippen molar-refractivity contribution >= 4 is 17.5 Å². The molecule has 6 heteroatoms. The topological polar surface area (TPSA) is 78.9 Å². The molecule has 1 amide bonds. The molecule has 0 unspecified atom stereocenters. The highest BCUT2D eigenvalue weighted by molar-refractivity contribution is 5.72. The van der Waals surface area contributed by atoms with Gasteiger partial charge in [0.2, 0.25) is 5.91 Å². The van der Waals surface area contributed by atoms with Gasteiger partial charge in [-0.15, -0.1) is 0 Å². The Kier molecular flexibility index (Phi) is 5.90. The van der Waals surface area contributed by atoms with E-state index in [1.54, 1.807) is 0 Å². The van der Waals surface area contributed by atoms with Crippen LogP contribution in [0.3, 0.4) is 0 Å². The van der Waals surface area contributed by atoms with Gasteiger partial charge >= 0.3 is 0 Å². The average molecular weight is 251 g/mol. The summed E-state index contributed by atoms with van der Waals surface area (Å²) in [7, 11) is 1.85. The van der Waals surface area contributed by atoms with Gasteiger partial charge in [0, 0.05) is 32.6 Å². The lowest BCUT2D eigenvalue weighted by molar-refractivity contribution is -0.118. The number of hydrogen-bond acceptors (Lipinski definition) is 5. The van der Waals surface area contributed by atoms with Crippen molar-refractivity contribution < 1.29 is 4.79 Å². The zero-order chi connectivity index (χ0) is 13.4. The molecule has 0 radical (unpaired) electrons. The maximum absolute atomic E-state index is 10.8. The first-order valence-electron chi connectivity index (χ1n) is 6.19. The third-order valence-electron chi connectivity index (χ3n) is 2.47. The van der Waals surface area contributed by atoms with Crippen molar-refractivity contribution in [3.05, 3.63) is 11.9 Å². The largest absolute Gasteiger partial charge is 0.373 e. The van der Waals surface area contributed by atoms with E-state index in [1.165, 1.54) is 13.3 Å². The predicted octanol–water partition coefficient (Wildman–Crippen LogP) is 1.02. The summed E-state index contributed by atoms with van der Waals surface area (Å²) in [6.45, 7) is 4.86. The second kappa shape index (κ2) is 7.47. The highest BCUT2D eigenvalue weighted by Gasteiger charge is 2.08. The van der Waals surface area contributed by atoms with Crippen molar-refractivity contribution in [2.24, 2.45) is 0 Å². The lowest BCUT2D eigenvalue weighted by Crippen LogP contribution is -2.26. The minimum absolute atomic E-state index is 0.0239. The lowest BCUT2D eigenvalue weighted by Gasteiger charge is -2.13. The molecule has 0 bridgehead atoms. The third-order valence-corrected chi connectivity index (χ3v) is 2.47. The summed E-state index contributed by atoms with van der Waals surface area (Å²) < 4.78 is 0. The van der Waals surface area contributed by atoms with Gasteiger partial charge in [0.1, 0.15) is 18.0 Å². The van der Waals surface area contributed by atoms with E-state index in [0.717, 1.165) is 30.0 Å². The van der Waals surface area contributed by atoms with Crippen LogP contribution in [-0.4, -0.2) is 36.0 Å². The van der Waals surface area contributed by atoms with Crippen molar-refractivity contribution in [2.45, 2.75) is 26.7 Å². The molecule has 1 heterocycles. The minimum atomic E-state index is -0.0239. The van der Waals surface area contributed by atoms with Crippen LogP contribution in [0.1, 0.15) is 25.8 Å². The smallest absolute Gasteiger partial charge is 0.216 e. The molecule has 0 fully saturated rings. The molecule has 0 aromatic carbocycles. The zero-order valence-electron chi connectivity index (χ0n) is 11.2. The summed E-state index contributed by atoms with van der Waals surface area (Å²) in [6, 6.07) is 0. The number of aromatic nitrogens is 2. The summed E-state index contributed by atoms with van der Waals surface area (Å²) in [6.07, 6.45) is 3.48. The quantitative estimate of drug-likeness (QED) is 0.631. The Hall–Kier alpha value is -1.85. The number of hydrogen-bond donors (Lipinski definition) is 3. The van der Waals surface area contributed by atoms with E-state index in [-0.39, 0.29) is 5.91 Å². The van der Waals surface area contributed by atoms with Gasteiger partial charge in [0.15, 0.2) is 0 Å². The van der Waals surface area contributed by atoms with Crippen LogP contribution in [0.5, 0.6) is 0 Å². The van der Waals surface area contributed by atoms with Crippen LogP contribution < -0.4 is 16.0 Å². The van der Waals surface area contributed by atoms with Crippen LogP contribution in [0, 0.1) is 0 Å². The Bertz CT molecular complexity index is 394. The number of carbonyl (C=O) groups is 1. The van der Waals surface area contributed by atoms with E-state index in [4.69, 9.17) is 0 Å². The van der Waals surface area contributed by atoms with Crippen LogP contribution in [0.25, 0.3) is 0 Å². The first-order valence-corrected chi connectivity index (χ1v) is 6.19. The summed E-state index contributed by atoms with van der Waals surface area (Å²) >= 11 is 0. The maximum Gasteiger partial charge on any atom is 0.216 e. The van der Waals surface area contributed by atoms with E-state index >= 15 is 0 Å². The van der Waals surface area contributed by atoms with Crippen LogP contribution in [-0.2, 0) is 11.2 Å². The molecule has 3 N–H and O–H groups in total. The fourth-order valence-corrected chi connectivity index (χ4v) is 1.69. The number of carbonyl (C=O) groups excluding carboxylic acids is 1. The van der Waals surface area contributed by atoms with Crippen molar-refractivity contribution in [3.8, 4) is 0 Å². The lowest BCUT2D eigenvalue weighted by atomic mass is 10.1. The molecule has 0 aliphatic carbocycles. The summed E-state index contributed by atoms with van der Waals surface area (Å²) in [5.41, 5.74) is 1.09. The first kappa shape index (κ1) is 14.2. The van der Waals surface area contributed by atoms with Crippen molar-refractivity contribution in [1.82, 2.24) is 15.3 Å². The highest BCUT2D eigenvalue weighted by Crippen LogP contribution is 2.20. The Morgan fingerprint density at radius 2 is 2.00 bits per heavy atom. The third kappa shape index (κ3) is 4.20. The number of amides is 1. The Morgan fingerprint density at radius 1 is 1.28 bits per heavy atom. The van der Waals surface area contributed by atoms with E-state index < -0.39 is 0 Å². The van der Waals surface area contributed by atoms with Crippen LogP contribution >= 0.6 is 0 Å². The molecule has 0 atom stereocenters. The Labute approximate surface area is 108 Å². The normalized spacial score (nSPS) is 9.94. The van der Waals surface area contributed by atoms with E-state index in [0.29, 0.717) is 13.1 Å². The standard InChI is InChI=1S/C12H21N5O/c1-4-5-10-11(13-3)16-8-17-12(10)15-7-6-14-9(2)18/h8H,4-7H2,1-3H3,(H,14,18)(H2,13,15,16,17). The fraction of sp³-hybridized carbons (Fsp3) is 0.583. The molecule has 0 saturated carbocycles. The molecule has 100 valence electrons. The van der Waals surface area contributed by atoms with Gasteiger partial charge in [-0.05, 0) is 6.42 Å². The molecule has 0 spiro atoms. The van der Waals surface area contributed by atoms with Gasteiger partial charge in [-0.25, -0.2) is 9.97 Å². The SMILES string of the molecule is CCCc1c(NC)ncnc1NCCNC(C)=O. The molecule has 0 aliphatic rings. The summed E-state index contributed by atoms with van der Waals surface area (Å²) in [5, 5.41) is 9.03. The zero-order valence-corrected chi connectivity index (χ0v) is 11.2. The maximum atomic E-state index is 10.8. The second-order valence-corrected chi connectivity index (χ2v) is 3.96. The molecule has 1 aromatic rings. The fourth-order valence-electron chi connectivity index (χ4n) is 1.69. The molecule has 18 heavy (non-hydrogen) atoms. The average Bonchev–Trinajstić information content (AvgIpc) is 2.36. The Balaban J connectivity index is 2.65. The van der Waals surface area contributed by atoms with Crippen molar-refractivity contribution in [2.75, 3.05) is 30.8 Å². The van der Waals surface area contributed by atoms with E-state index in [1.807, 2.05) is 7.05 Å².